The normalized spacial score (nSPS) is 12.9. The average molecular weight is 264 g/mol. The van der Waals surface area contributed by atoms with Gasteiger partial charge >= 0.3 is 6.09 Å². The topological polar surface area (TPSA) is 64.3 Å². The summed E-state index contributed by atoms with van der Waals surface area (Å²) < 4.78 is 5.15. The van der Waals surface area contributed by atoms with Crippen LogP contribution in [0, 0.1) is 6.92 Å². The number of ether oxygens (including phenoxy) is 1. The number of hydrogen-bond acceptors (Lipinski definition) is 3. The number of hydrogen-bond donors (Lipinski definition) is 2. The zero-order chi connectivity index (χ0) is 14.5. The first-order chi connectivity index (χ1) is 8.76. The van der Waals surface area contributed by atoms with Gasteiger partial charge in [0.25, 0.3) is 0 Å². The number of carbonyl (C=O) groups is 1. The van der Waals surface area contributed by atoms with Gasteiger partial charge < -0.3 is 15.8 Å². The van der Waals surface area contributed by atoms with Crippen LogP contribution in [0.15, 0.2) is 24.3 Å². The molecule has 0 saturated carbocycles. The molecule has 1 aromatic carbocycles. The summed E-state index contributed by atoms with van der Waals surface area (Å²) in [6, 6.07) is 8.09. The lowest BCUT2D eigenvalue weighted by atomic mass is 10.0. The lowest BCUT2D eigenvalue weighted by molar-refractivity contribution is 0.0524. The molecule has 0 spiro atoms. The molecule has 0 aliphatic rings. The molecule has 4 heteroatoms. The van der Waals surface area contributed by atoms with Crippen LogP contribution in [0.2, 0.25) is 0 Å². The molecular formula is C15H24N2O2. The maximum absolute atomic E-state index is 11.5. The summed E-state index contributed by atoms with van der Waals surface area (Å²) in [5, 5.41) is 2.69. The molecule has 0 unspecified atom stereocenters. The smallest absolute Gasteiger partial charge is 0.407 e. The van der Waals surface area contributed by atoms with Crippen LogP contribution < -0.4 is 11.1 Å². The Morgan fingerprint density at radius 2 is 2.11 bits per heavy atom. The van der Waals surface area contributed by atoms with Gasteiger partial charge in [0.05, 0.1) is 0 Å². The van der Waals surface area contributed by atoms with Crippen LogP contribution in [-0.2, 0) is 11.2 Å². The first kappa shape index (κ1) is 15.5. The maximum Gasteiger partial charge on any atom is 0.407 e. The summed E-state index contributed by atoms with van der Waals surface area (Å²) in [6.45, 7) is 7.95. The molecule has 0 aliphatic heterocycles. The first-order valence-electron chi connectivity index (χ1n) is 6.54. The van der Waals surface area contributed by atoms with Crippen molar-refractivity contribution in [1.82, 2.24) is 5.32 Å². The Kier molecular flexibility index (Phi) is 5.36. The summed E-state index contributed by atoms with van der Waals surface area (Å²) in [6.07, 6.45) is 0.310. The molecular weight excluding hydrogens is 240 g/mol. The van der Waals surface area contributed by atoms with Crippen LogP contribution in [0.5, 0.6) is 0 Å². The second-order valence-electron chi connectivity index (χ2n) is 5.84. The van der Waals surface area contributed by atoms with Crippen molar-refractivity contribution < 1.29 is 9.53 Å². The van der Waals surface area contributed by atoms with Crippen molar-refractivity contribution in [2.24, 2.45) is 5.73 Å². The van der Waals surface area contributed by atoms with E-state index in [-0.39, 0.29) is 6.04 Å². The van der Waals surface area contributed by atoms with Gasteiger partial charge in [-0.15, -0.1) is 0 Å². The molecule has 106 valence electrons. The largest absolute Gasteiger partial charge is 0.444 e. The SMILES string of the molecule is Cc1cccc(C[C@H](N)CNC(=O)OC(C)(C)C)c1. The monoisotopic (exact) mass is 264 g/mol. The Morgan fingerprint density at radius 1 is 1.42 bits per heavy atom. The van der Waals surface area contributed by atoms with Crippen molar-refractivity contribution in [3.8, 4) is 0 Å². The molecule has 1 amide bonds. The van der Waals surface area contributed by atoms with Crippen LogP contribution in [0.1, 0.15) is 31.9 Å². The molecule has 0 aliphatic carbocycles. The third-order valence-electron chi connectivity index (χ3n) is 2.49. The standard InChI is InChI=1S/C15H24N2O2/c1-11-6-5-7-12(8-11)9-13(16)10-17-14(18)19-15(2,3)4/h5-8,13H,9-10,16H2,1-4H3,(H,17,18)/t13-/m0/s1. The van der Waals surface area contributed by atoms with E-state index in [0.29, 0.717) is 6.54 Å². The van der Waals surface area contributed by atoms with Crippen LogP contribution in [0.25, 0.3) is 0 Å². The summed E-state index contributed by atoms with van der Waals surface area (Å²) >= 11 is 0. The lowest BCUT2D eigenvalue weighted by Gasteiger charge is -2.20. The van der Waals surface area contributed by atoms with E-state index in [0.717, 1.165) is 6.42 Å². The quantitative estimate of drug-likeness (QED) is 0.877. The predicted octanol–water partition coefficient (Wildman–Crippen LogP) is 2.39. The number of carbonyl (C=O) groups excluding carboxylic acids is 1. The predicted molar refractivity (Wildman–Crippen MR) is 77.1 cm³/mol. The molecule has 0 heterocycles. The Hall–Kier alpha value is -1.55. The number of nitrogens with one attached hydrogen (secondary N) is 1. The Labute approximate surface area is 115 Å². The number of rotatable bonds is 4. The molecule has 1 atom stereocenters. The first-order valence-corrected chi connectivity index (χ1v) is 6.54. The van der Waals surface area contributed by atoms with E-state index in [1.165, 1.54) is 11.1 Å². The zero-order valence-corrected chi connectivity index (χ0v) is 12.2. The molecule has 3 N–H and O–H groups in total. The van der Waals surface area contributed by atoms with Crippen molar-refractivity contribution in [2.75, 3.05) is 6.54 Å². The number of amides is 1. The molecule has 4 nitrogen and oxygen atoms in total. The van der Waals surface area contributed by atoms with Crippen molar-refractivity contribution in [3.05, 3.63) is 35.4 Å². The van der Waals surface area contributed by atoms with E-state index < -0.39 is 11.7 Å². The highest BCUT2D eigenvalue weighted by atomic mass is 16.6. The summed E-state index contributed by atoms with van der Waals surface area (Å²) in [4.78, 5) is 11.5. The third kappa shape index (κ3) is 6.82. The van der Waals surface area contributed by atoms with Gasteiger partial charge in [-0.3, -0.25) is 0 Å². The van der Waals surface area contributed by atoms with E-state index in [4.69, 9.17) is 10.5 Å². The fourth-order valence-electron chi connectivity index (χ4n) is 1.74. The second kappa shape index (κ2) is 6.57. The Balaban J connectivity index is 2.36. The number of benzene rings is 1. The second-order valence-corrected chi connectivity index (χ2v) is 5.84. The lowest BCUT2D eigenvalue weighted by Crippen LogP contribution is -2.41. The van der Waals surface area contributed by atoms with E-state index >= 15 is 0 Å². The molecule has 19 heavy (non-hydrogen) atoms. The Bertz CT molecular complexity index is 424. The van der Waals surface area contributed by atoms with Gasteiger partial charge in [-0.2, -0.15) is 0 Å². The van der Waals surface area contributed by atoms with E-state index in [2.05, 4.69) is 11.4 Å². The summed E-state index contributed by atoms with van der Waals surface area (Å²) in [7, 11) is 0. The fraction of sp³-hybridized carbons (Fsp3) is 0.533. The number of aryl methyl sites for hydroxylation is 1. The van der Waals surface area contributed by atoms with Gasteiger partial charge in [-0.25, -0.2) is 4.79 Å². The molecule has 0 aromatic heterocycles. The van der Waals surface area contributed by atoms with Crippen molar-refractivity contribution in [3.63, 3.8) is 0 Å². The Morgan fingerprint density at radius 3 is 2.68 bits per heavy atom. The molecule has 0 radical (unpaired) electrons. The molecule has 0 saturated heterocycles. The molecule has 1 aromatic rings. The summed E-state index contributed by atoms with van der Waals surface area (Å²) in [5.41, 5.74) is 7.91. The van der Waals surface area contributed by atoms with E-state index in [1.807, 2.05) is 45.9 Å². The van der Waals surface area contributed by atoms with Crippen LogP contribution in [-0.4, -0.2) is 24.3 Å². The average Bonchev–Trinajstić information content (AvgIpc) is 2.24. The van der Waals surface area contributed by atoms with Crippen LogP contribution in [0.3, 0.4) is 0 Å². The highest BCUT2D eigenvalue weighted by Crippen LogP contribution is 2.07. The van der Waals surface area contributed by atoms with Crippen LogP contribution >= 0.6 is 0 Å². The highest BCUT2D eigenvalue weighted by molar-refractivity contribution is 5.67. The van der Waals surface area contributed by atoms with Crippen LogP contribution in [0.4, 0.5) is 4.79 Å². The van der Waals surface area contributed by atoms with E-state index in [9.17, 15) is 4.79 Å². The number of alkyl carbamates (subject to hydrolysis) is 1. The molecule has 0 bridgehead atoms. The minimum absolute atomic E-state index is 0.116. The minimum atomic E-state index is -0.481. The van der Waals surface area contributed by atoms with E-state index in [1.54, 1.807) is 0 Å². The van der Waals surface area contributed by atoms with Gasteiger partial charge in [-0.05, 0) is 39.7 Å². The molecule has 1 rings (SSSR count). The van der Waals surface area contributed by atoms with Crippen molar-refractivity contribution in [1.29, 1.82) is 0 Å². The van der Waals surface area contributed by atoms with Gasteiger partial charge in [0.1, 0.15) is 5.60 Å². The maximum atomic E-state index is 11.5. The van der Waals surface area contributed by atoms with Gasteiger partial charge in [0, 0.05) is 12.6 Å². The van der Waals surface area contributed by atoms with Crippen molar-refractivity contribution in [2.45, 2.75) is 45.8 Å². The number of nitrogens with two attached hydrogens (primary N) is 1. The van der Waals surface area contributed by atoms with Gasteiger partial charge in [0.2, 0.25) is 0 Å². The summed E-state index contributed by atoms with van der Waals surface area (Å²) in [5.74, 6) is 0. The van der Waals surface area contributed by atoms with Crippen molar-refractivity contribution >= 4 is 6.09 Å². The minimum Gasteiger partial charge on any atom is -0.444 e. The fourth-order valence-corrected chi connectivity index (χ4v) is 1.74. The molecule has 0 fully saturated rings. The van der Waals surface area contributed by atoms with Gasteiger partial charge in [-0.1, -0.05) is 29.8 Å². The highest BCUT2D eigenvalue weighted by Gasteiger charge is 2.16. The van der Waals surface area contributed by atoms with Gasteiger partial charge in [0.15, 0.2) is 0 Å². The zero-order valence-electron chi connectivity index (χ0n) is 12.2. The third-order valence-corrected chi connectivity index (χ3v) is 2.49.